The average Bonchev–Trinajstić information content (AvgIpc) is 3.38. The van der Waals surface area contributed by atoms with E-state index < -0.39 is 5.97 Å². The summed E-state index contributed by atoms with van der Waals surface area (Å²) in [6.07, 6.45) is 6.68. The highest BCUT2D eigenvalue weighted by molar-refractivity contribution is 7.99. The van der Waals surface area contributed by atoms with Gasteiger partial charge in [-0.1, -0.05) is 18.2 Å². The van der Waals surface area contributed by atoms with Crippen molar-refractivity contribution in [3.05, 3.63) is 34.1 Å². The van der Waals surface area contributed by atoms with Crippen molar-refractivity contribution in [2.24, 2.45) is 7.05 Å². The quantitative estimate of drug-likeness (QED) is 0.334. The fraction of sp³-hybridized carbons (Fsp3) is 0.429. The Morgan fingerprint density at radius 1 is 1.29 bits per heavy atom. The number of rotatable bonds is 6. The van der Waals surface area contributed by atoms with Gasteiger partial charge in [-0.3, -0.25) is 4.79 Å². The minimum absolute atomic E-state index is 0.152. The molecule has 0 aliphatic heterocycles. The number of thiophene rings is 1. The Morgan fingerprint density at radius 3 is 2.84 bits per heavy atom. The lowest BCUT2D eigenvalue weighted by atomic mass is 10.1. The molecule has 164 valence electrons. The normalized spacial score (nSPS) is 13.5. The van der Waals surface area contributed by atoms with E-state index in [0.29, 0.717) is 21.5 Å². The van der Waals surface area contributed by atoms with Crippen molar-refractivity contribution in [1.82, 2.24) is 14.8 Å². The van der Waals surface area contributed by atoms with Gasteiger partial charge in [0.05, 0.1) is 30.3 Å². The van der Waals surface area contributed by atoms with Crippen molar-refractivity contribution < 1.29 is 18.7 Å². The van der Waals surface area contributed by atoms with E-state index >= 15 is 0 Å². The molecular formula is C21H24N4O4S2. The molecule has 3 aromatic rings. The molecule has 31 heavy (non-hydrogen) atoms. The molecule has 0 atom stereocenters. The number of fused-ring (bicyclic) bond motifs is 1. The van der Waals surface area contributed by atoms with Crippen LogP contribution in [-0.4, -0.2) is 39.5 Å². The van der Waals surface area contributed by atoms with Gasteiger partial charge in [0.15, 0.2) is 11.0 Å². The molecule has 0 radical (unpaired) electrons. The third-order valence-corrected chi connectivity index (χ3v) is 7.56. The largest absolute Gasteiger partial charge is 0.469 e. The summed E-state index contributed by atoms with van der Waals surface area (Å²) in [4.78, 5) is 26.3. The number of aromatic nitrogens is 3. The van der Waals surface area contributed by atoms with E-state index in [0.717, 1.165) is 49.0 Å². The number of anilines is 1. The average molecular weight is 461 g/mol. The van der Waals surface area contributed by atoms with Crippen LogP contribution < -0.4 is 5.32 Å². The summed E-state index contributed by atoms with van der Waals surface area (Å²) in [6.45, 7) is 1.87. The second kappa shape index (κ2) is 9.27. The number of amides is 1. The molecule has 0 aromatic carbocycles. The lowest BCUT2D eigenvalue weighted by Crippen LogP contribution is -2.16. The van der Waals surface area contributed by atoms with Crippen molar-refractivity contribution >= 4 is 40.0 Å². The van der Waals surface area contributed by atoms with Gasteiger partial charge in [-0.15, -0.1) is 21.5 Å². The first-order valence-electron chi connectivity index (χ1n) is 10.1. The van der Waals surface area contributed by atoms with Crippen LogP contribution in [0.4, 0.5) is 5.00 Å². The van der Waals surface area contributed by atoms with Crippen LogP contribution in [0.1, 0.15) is 45.8 Å². The highest BCUT2D eigenvalue weighted by Gasteiger charge is 2.26. The van der Waals surface area contributed by atoms with Gasteiger partial charge in [-0.2, -0.15) is 0 Å². The lowest BCUT2D eigenvalue weighted by molar-refractivity contribution is -0.113. The van der Waals surface area contributed by atoms with Crippen LogP contribution in [0.3, 0.4) is 0 Å². The number of furan rings is 1. The maximum absolute atomic E-state index is 12.7. The van der Waals surface area contributed by atoms with Gasteiger partial charge in [-0.25, -0.2) is 4.79 Å². The molecule has 0 saturated carbocycles. The predicted octanol–water partition coefficient (Wildman–Crippen LogP) is 4.23. The summed E-state index contributed by atoms with van der Waals surface area (Å²) in [5, 5.41) is 12.5. The number of esters is 1. The van der Waals surface area contributed by atoms with Gasteiger partial charge in [0.1, 0.15) is 10.8 Å². The molecule has 1 aliphatic carbocycles. The molecule has 3 heterocycles. The molecule has 0 unspecified atom stereocenters. The topological polar surface area (TPSA) is 99.2 Å². The van der Waals surface area contributed by atoms with E-state index in [4.69, 9.17) is 9.15 Å². The molecule has 1 amide bonds. The SMILES string of the molecule is COC(=O)c1c(NC(=O)CSc2nnc(-c3ccoc3C)n2C)sc2c1CCCCC2. The third-order valence-electron chi connectivity index (χ3n) is 5.33. The summed E-state index contributed by atoms with van der Waals surface area (Å²) in [6, 6.07) is 1.84. The number of carbonyl (C=O) groups excluding carboxylic acids is 2. The van der Waals surface area contributed by atoms with E-state index in [-0.39, 0.29) is 11.7 Å². The Labute approximate surface area is 188 Å². The van der Waals surface area contributed by atoms with Gasteiger partial charge in [0.2, 0.25) is 5.91 Å². The van der Waals surface area contributed by atoms with Crippen molar-refractivity contribution in [2.45, 2.75) is 44.2 Å². The maximum Gasteiger partial charge on any atom is 0.341 e. The predicted molar refractivity (Wildman–Crippen MR) is 120 cm³/mol. The van der Waals surface area contributed by atoms with Gasteiger partial charge < -0.3 is 19.0 Å². The number of hydrogen-bond acceptors (Lipinski definition) is 8. The zero-order chi connectivity index (χ0) is 22.0. The van der Waals surface area contributed by atoms with E-state index in [1.54, 1.807) is 6.26 Å². The maximum atomic E-state index is 12.7. The van der Waals surface area contributed by atoms with Crippen LogP contribution in [-0.2, 0) is 29.4 Å². The number of nitrogens with zero attached hydrogens (tertiary/aromatic N) is 3. The highest BCUT2D eigenvalue weighted by atomic mass is 32.2. The van der Waals surface area contributed by atoms with Crippen LogP contribution in [0.5, 0.6) is 0 Å². The summed E-state index contributed by atoms with van der Waals surface area (Å²) in [5.74, 6) is 1.01. The van der Waals surface area contributed by atoms with E-state index in [1.165, 1.54) is 35.1 Å². The molecule has 10 heteroatoms. The van der Waals surface area contributed by atoms with Crippen molar-refractivity contribution in [3.63, 3.8) is 0 Å². The van der Waals surface area contributed by atoms with Crippen LogP contribution in [0, 0.1) is 6.92 Å². The number of ether oxygens (including phenoxy) is 1. The second-order valence-electron chi connectivity index (χ2n) is 7.35. The molecule has 0 spiro atoms. The number of thioether (sulfide) groups is 1. The number of carbonyl (C=O) groups is 2. The van der Waals surface area contributed by atoms with Gasteiger partial charge in [0, 0.05) is 11.9 Å². The Morgan fingerprint density at radius 2 is 2.10 bits per heavy atom. The smallest absolute Gasteiger partial charge is 0.341 e. The van der Waals surface area contributed by atoms with E-state index in [1.807, 2.05) is 24.6 Å². The van der Waals surface area contributed by atoms with Crippen molar-refractivity contribution in [2.75, 3.05) is 18.2 Å². The second-order valence-corrected chi connectivity index (χ2v) is 9.40. The molecule has 0 bridgehead atoms. The van der Waals surface area contributed by atoms with Gasteiger partial charge >= 0.3 is 5.97 Å². The number of hydrogen-bond donors (Lipinski definition) is 1. The molecule has 8 nitrogen and oxygen atoms in total. The van der Waals surface area contributed by atoms with E-state index in [2.05, 4.69) is 15.5 Å². The molecule has 0 fully saturated rings. The monoisotopic (exact) mass is 460 g/mol. The Balaban J connectivity index is 1.47. The van der Waals surface area contributed by atoms with Crippen LogP contribution in [0.15, 0.2) is 21.9 Å². The summed E-state index contributed by atoms with van der Waals surface area (Å²) in [5.41, 5.74) is 2.42. The molecule has 1 aliphatic rings. The van der Waals surface area contributed by atoms with Gasteiger partial charge in [0.25, 0.3) is 0 Å². The summed E-state index contributed by atoms with van der Waals surface area (Å²) in [7, 11) is 3.23. The standard InChI is InChI=1S/C21H24N4O4S2/c1-12-13(9-10-29-12)18-23-24-21(25(18)2)30-11-16(26)22-19-17(20(27)28-3)14-7-5-4-6-8-15(14)31-19/h9-10H,4-8,11H2,1-3H3,(H,22,26). The summed E-state index contributed by atoms with van der Waals surface area (Å²) >= 11 is 2.78. The molecule has 1 N–H and O–H groups in total. The highest BCUT2D eigenvalue weighted by Crippen LogP contribution is 2.38. The molecule has 3 aromatic heterocycles. The Kier molecular flexibility index (Phi) is 6.47. The van der Waals surface area contributed by atoms with Crippen LogP contribution in [0.25, 0.3) is 11.4 Å². The number of aryl methyl sites for hydroxylation is 2. The zero-order valence-electron chi connectivity index (χ0n) is 17.7. The van der Waals surface area contributed by atoms with E-state index in [9.17, 15) is 9.59 Å². The summed E-state index contributed by atoms with van der Waals surface area (Å²) < 4.78 is 12.2. The molecular weight excluding hydrogens is 436 g/mol. The first-order valence-corrected chi connectivity index (χ1v) is 11.9. The van der Waals surface area contributed by atoms with Crippen molar-refractivity contribution in [1.29, 1.82) is 0 Å². The van der Waals surface area contributed by atoms with Crippen LogP contribution >= 0.6 is 23.1 Å². The third kappa shape index (κ3) is 4.40. The van der Waals surface area contributed by atoms with Gasteiger partial charge in [-0.05, 0) is 44.2 Å². The minimum Gasteiger partial charge on any atom is -0.469 e. The van der Waals surface area contributed by atoms with Crippen LogP contribution in [0.2, 0.25) is 0 Å². The Bertz CT molecular complexity index is 1120. The molecule has 4 rings (SSSR count). The fourth-order valence-electron chi connectivity index (χ4n) is 3.73. The number of methoxy groups -OCH3 is 1. The van der Waals surface area contributed by atoms with Crippen molar-refractivity contribution in [3.8, 4) is 11.4 Å². The zero-order valence-corrected chi connectivity index (χ0v) is 19.3. The first kappa shape index (κ1) is 21.6. The lowest BCUT2D eigenvalue weighted by Gasteiger charge is -2.07. The Hall–Kier alpha value is -2.59. The minimum atomic E-state index is -0.393. The first-order chi connectivity index (χ1) is 15.0. The fourth-order valence-corrected chi connectivity index (χ4v) is 5.74. The number of nitrogens with one attached hydrogen (secondary N) is 1. The molecule has 0 saturated heterocycles.